The van der Waals surface area contributed by atoms with Crippen LogP contribution in [0.3, 0.4) is 0 Å². The second-order valence-corrected chi connectivity index (χ2v) is 4.18. The highest BCUT2D eigenvalue weighted by Gasteiger charge is 2.15. The summed E-state index contributed by atoms with van der Waals surface area (Å²) in [6, 6.07) is 2.76. The molecule has 8 heteroatoms. The molecule has 0 aliphatic heterocycles. The van der Waals surface area contributed by atoms with Crippen LogP contribution in [-0.2, 0) is 4.79 Å². The van der Waals surface area contributed by atoms with Crippen molar-refractivity contribution in [1.82, 2.24) is 5.32 Å². The van der Waals surface area contributed by atoms with Gasteiger partial charge in [0, 0.05) is 12.5 Å². The van der Waals surface area contributed by atoms with E-state index in [1.807, 2.05) is 0 Å². The van der Waals surface area contributed by atoms with Gasteiger partial charge in [0.25, 0.3) is 0 Å². The number of urea groups is 1. The summed E-state index contributed by atoms with van der Waals surface area (Å²) in [4.78, 5) is 33.1. The number of para-hydroxylation sites is 1. The quantitative estimate of drug-likeness (QED) is 0.499. The van der Waals surface area contributed by atoms with Crippen molar-refractivity contribution in [2.24, 2.45) is 5.73 Å². The van der Waals surface area contributed by atoms with Gasteiger partial charge in [0.05, 0.1) is 5.69 Å². The fourth-order valence-electron chi connectivity index (χ4n) is 1.55. The molecule has 1 unspecified atom stereocenters. The molecule has 0 aliphatic carbocycles. The van der Waals surface area contributed by atoms with Gasteiger partial charge in [-0.3, -0.25) is 4.79 Å². The summed E-state index contributed by atoms with van der Waals surface area (Å²) in [6.07, 6.45) is -0.0332. The summed E-state index contributed by atoms with van der Waals surface area (Å²) in [6.45, 7) is 1.58. The third-order valence-electron chi connectivity index (χ3n) is 2.40. The number of primary amides is 1. The first-order valence-electron chi connectivity index (χ1n) is 5.72. The number of aromatic hydroxyl groups is 1. The Morgan fingerprint density at radius 1 is 1.35 bits per heavy atom. The Bertz CT molecular complexity index is 544. The molecule has 0 spiro atoms. The normalized spacial score (nSPS) is 11.4. The van der Waals surface area contributed by atoms with Crippen molar-refractivity contribution in [1.29, 1.82) is 0 Å². The number of carboxylic acids is 1. The highest BCUT2D eigenvalue weighted by atomic mass is 16.4. The Kier molecular flexibility index (Phi) is 4.90. The molecule has 20 heavy (non-hydrogen) atoms. The average molecular weight is 281 g/mol. The van der Waals surface area contributed by atoms with Crippen molar-refractivity contribution in [2.75, 3.05) is 5.32 Å². The number of carbonyl (C=O) groups excluding carboxylic acids is 2. The van der Waals surface area contributed by atoms with E-state index in [1.165, 1.54) is 18.2 Å². The van der Waals surface area contributed by atoms with Crippen molar-refractivity contribution in [2.45, 2.75) is 19.4 Å². The molecular formula is C12H15N3O5. The van der Waals surface area contributed by atoms with Crippen molar-refractivity contribution in [3.05, 3.63) is 23.8 Å². The number of nitrogens with two attached hydrogens (primary N) is 1. The standard InChI is InChI=1S/C12H15N3O5/c1-6(5-9(13)16)14-12(20)15-8-4-2-3-7(10(8)17)11(18)19/h2-4,6,17H,5H2,1H3,(H2,13,16)(H,18,19)(H2,14,15,20). The van der Waals surface area contributed by atoms with Crippen LogP contribution in [0.25, 0.3) is 0 Å². The van der Waals surface area contributed by atoms with Crippen molar-refractivity contribution < 1.29 is 24.6 Å². The Balaban J connectivity index is 2.74. The maximum Gasteiger partial charge on any atom is 0.339 e. The zero-order valence-corrected chi connectivity index (χ0v) is 10.7. The maximum absolute atomic E-state index is 11.6. The second-order valence-electron chi connectivity index (χ2n) is 4.18. The monoisotopic (exact) mass is 281 g/mol. The van der Waals surface area contributed by atoms with Gasteiger partial charge in [-0.25, -0.2) is 9.59 Å². The lowest BCUT2D eigenvalue weighted by Gasteiger charge is -2.14. The van der Waals surface area contributed by atoms with Gasteiger partial charge in [0.15, 0.2) is 5.75 Å². The Hall–Kier alpha value is -2.77. The maximum atomic E-state index is 11.6. The third kappa shape index (κ3) is 4.16. The first-order chi connectivity index (χ1) is 9.31. The number of amides is 3. The number of rotatable bonds is 5. The predicted molar refractivity (Wildman–Crippen MR) is 70.5 cm³/mol. The summed E-state index contributed by atoms with van der Waals surface area (Å²) in [5.41, 5.74) is 4.61. The molecule has 8 nitrogen and oxygen atoms in total. The van der Waals surface area contributed by atoms with E-state index in [0.717, 1.165) is 0 Å². The molecule has 1 aromatic rings. The fourth-order valence-corrected chi connectivity index (χ4v) is 1.55. The van der Waals surface area contributed by atoms with Gasteiger partial charge in [0.2, 0.25) is 5.91 Å². The summed E-state index contributed by atoms with van der Waals surface area (Å²) in [7, 11) is 0. The molecule has 0 heterocycles. The van der Waals surface area contributed by atoms with Crippen molar-refractivity contribution >= 4 is 23.6 Å². The van der Waals surface area contributed by atoms with E-state index in [9.17, 15) is 19.5 Å². The number of carbonyl (C=O) groups is 3. The summed E-state index contributed by atoms with van der Waals surface area (Å²) in [5, 5.41) is 23.2. The van der Waals surface area contributed by atoms with Gasteiger partial charge in [-0.2, -0.15) is 0 Å². The van der Waals surface area contributed by atoms with E-state index in [1.54, 1.807) is 6.92 Å². The number of nitrogens with one attached hydrogen (secondary N) is 2. The Labute approximate surface area is 114 Å². The van der Waals surface area contributed by atoms with E-state index >= 15 is 0 Å². The van der Waals surface area contributed by atoms with E-state index in [4.69, 9.17) is 10.8 Å². The van der Waals surface area contributed by atoms with Crippen LogP contribution >= 0.6 is 0 Å². The van der Waals surface area contributed by atoms with Crippen LogP contribution in [0, 0.1) is 0 Å². The number of anilines is 1. The zero-order chi connectivity index (χ0) is 15.3. The lowest BCUT2D eigenvalue weighted by atomic mass is 10.1. The lowest BCUT2D eigenvalue weighted by Crippen LogP contribution is -2.38. The molecule has 1 rings (SSSR count). The molecular weight excluding hydrogens is 266 g/mol. The molecule has 1 aromatic carbocycles. The second kappa shape index (κ2) is 6.41. The fraction of sp³-hybridized carbons (Fsp3) is 0.250. The largest absolute Gasteiger partial charge is 0.505 e. The zero-order valence-electron chi connectivity index (χ0n) is 10.7. The highest BCUT2D eigenvalue weighted by Crippen LogP contribution is 2.27. The third-order valence-corrected chi connectivity index (χ3v) is 2.40. The molecule has 6 N–H and O–H groups in total. The van der Waals surface area contributed by atoms with Gasteiger partial charge < -0.3 is 26.6 Å². The van der Waals surface area contributed by atoms with Crippen LogP contribution in [0.15, 0.2) is 18.2 Å². The molecule has 1 atom stereocenters. The summed E-state index contributed by atoms with van der Waals surface area (Å²) in [5.74, 6) is -2.42. The average Bonchev–Trinajstić information content (AvgIpc) is 2.29. The minimum absolute atomic E-state index is 0.0332. The van der Waals surface area contributed by atoms with E-state index in [-0.39, 0.29) is 17.7 Å². The van der Waals surface area contributed by atoms with Crippen LogP contribution in [0.5, 0.6) is 5.75 Å². The first kappa shape index (κ1) is 15.3. The molecule has 3 amide bonds. The molecule has 0 saturated carbocycles. The first-order valence-corrected chi connectivity index (χ1v) is 5.72. The number of carboxylic acid groups (broad SMARTS) is 1. The Morgan fingerprint density at radius 2 is 2.00 bits per heavy atom. The number of benzene rings is 1. The molecule has 0 aromatic heterocycles. The Morgan fingerprint density at radius 3 is 2.55 bits per heavy atom. The van der Waals surface area contributed by atoms with Crippen LogP contribution < -0.4 is 16.4 Å². The SMILES string of the molecule is CC(CC(N)=O)NC(=O)Nc1cccc(C(=O)O)c1O. The van der Waals surface area contributed by atoms with Crippen LogP contribution in [0.4, 0.5) is 10.5 Å². The van der Waals surface area contributed by atoms with Gasteiger partial charge in [-0.05, 0) is 19.1 Å². The van der Waals surface area contributed by atoms with Gasteiger partial charge in [-0.1, -0.05) is 6.07 Å². The molecule has 0 radical (unpaired) electrons. The minimum Gasteiger partial charge on any atom is -0.505 e. The van der Waals surface area contributed by atoms with Gasteiger partial charge in [0.1, 0.15) is 5.56 Å². The molecule has 0 bridgehead atoms. The number of hydrogen-bond acceptors (Lipinski definition) is 4. The van der Waals surface area contributed by atoms with E-state index in [0.29, 0.717) is 0 Å². The number of phenols is 1. The molecule has 0 saturated heterocycles. The van der Waals surface area contributed by atoms with Gasteiger partial charge in [-0.15, -0.1) is 0 Å². The summed E-state index contributed by atoms with van der Waals surface area (Å²) < 4.78 is 0. The molecule has 0 aliphatic rings. The predicted octanol–water partition coefficient (Wildman–Crippen LogP) is 0.476. The number of aromatic carboxylic acids is 1. The molecule has 108 valence electrons. The van der Waals surface area contributed by atoms with Crippen molar-refractivity contribution in [3.63, 3.8) is 0 Å². The van der Waals surface area contributed by atoms with Crippen molar-refractivity contribution in [3.8, 4) is 5.75 Å². The summed E-state index contributed by atoms with van der Waals surface area (Å²) >= 11 is 0. The lowest BCUT2D eigenvalue weighted by molar-refractivity contribution is -0.118. The smallest absolute Gasteiger partial charge is 0.339 e. The van der Waals surface area contributed by atoms with Crippen LogP contribution in [-0.4, -0.2) is 34.2 Å². The topological polar surface area (TPSA) is 142 Å². The van der Waals surface area contributed by atoms with E-state index in [2.05, 4.69) is 10.6 Å². The minimum atomic E-state index is -1.31. The van der Waals surface area contributed by atoms with Crippen LogP contribution in [0.1, 0.15) is 23.7 Å². The van der Waals surface area contributed by atoms with Crippen LogP contribution in [0.2, 0.25) is 0 Å². The number of hydrogen-bond donors (Lipinski definition) is 5. The molecule has 0 fully saturated rings. The highest BCUT2D eigenvalue weighted by molar-refractivity contribution is 5.97. The van der Waals surface area contributed by atoms with Gasteiger partial charge >= 0.3 is 12.0 Å². The van der Waals surface area contributed by atoms with E-state index < -0.39 is 29.7 Å².